The Morgan fingerprint density at radius 2 is 1.05 bits per heavy atom. The van der Waals surface area contributed by atoms with Crippen molar-refractivity contribution < 1.29 is 0 Å². The van der Waals surface area contributed by atoms with Crippen molar-refractivity contribution in [3.63, 3.8) is 0 Å². The second kappa shape index (κ2) is 7.47. The van der Waals surface area contributed by atoms with E-state index in [4.69, 9.17) is 60.7 Å². The summed E-state index contributed by atoms with van der Waals surface area (Å²) in [5, 5.41) is 0. The molecule has 1 atom stereocenters. The van der Waals surface area contributed by atoms with Crippen molar-refractivity contribution in [1.29, 1.82) is 0 Å². The first kappa shape index (κ1) is 22.3. The summed E-state index contributed by atoms with van der Waals surface area (Å²) in [5.74, 6) is -6.17. The maximum atomic E-state index is 6.58. The van der Waals surface area contributed by atoms with Crippen LogP contribution in [0.1, 0.15) is 0 Å². The highest BCUT2D eigenvalue weighted by Crippen LogP contribution is 2.88. The Hall–Kier alpha value is 2.25. The molecule has 0 N–H and O–H groups in total. The van der Waals surface area contributed by atoms with Crippen LogP contribution in [0.2, 0.25) is 0 Å². The fraction of sp³-hybridized carbons (Fsp3) is 1.00. The zero-order chi connectivity index (χ0) is 17.6. The summed E-state index contributed by atoms with van der Waals surface area (Å²) < 4.78 is 23.0. The zero-order valence-electron chi connectivity index (χ0n) is 12.8. The molecule has 16 heteroatoms. The Morgan fingerprint density at radius 1 is 0.682 bits per heavy atom. The molecule has 1 aliphatic rings. The first-order chi connectivity index (χ1) is 9.66. The molecular weight excluding hydrogens is 471 g/mol. The molecule has 0 amide bonds. The number of rotatable bonds is 4. The van der Waals surface area contributed by atoms with E-state index in [1.54, 1.807) is 0 Å². The molecule has 7 nitrogen and oxygen atoms in total. The Kier molecular flexibility index (Phi) is 7.57. The summed E-state index contributed by atoms with van der Waals surface area (Å²) in [6.07, 6.45) is 0. The molecule has 1 aliphatic heterocycles. The fourth-order valence-corrected chi connectivity index (χ4v) is 24.8. The van der Waals surface area contributed by atoms with Crippen molar-refractivity contribution in [2.45, 2.75) is 0 Å². The van der Waals surface area contributed by atoms with Gasteiger partial charge in [0.25, 0.3) is 18.5 Å². The quantitative estimate of drug-likeness (QED) is 0.381. The van der Waals surface area contributed by atoms with Gasteiger partial charge in [0.05, 0.1) is 0 Å². The predicted octanol–water partition coefficient (Wildman–Crippen LogP) is 7.66. The van der Waals surface area contributed by atoms with Crippen LogP contribution in [0, 0.1) is 0 Å². The van der Waals surface area contributed by atoms with Crippen molar-refractivity contribution >= 4 is 82.2 Å². The highest BCUT2D eigenvalue weighted by atomic mass is 35.9. The maximum Gasteiger partial charge on any atom is 0.285 e. The third kappa shape index (κ3) is 5.13. The van der Waals surface area contributed by atoms with Gasteiger partial charge < -0.3 is 0 Å². The molecule has 0 aromatic carbocycles. The van der Waals surface area contributed by atoms with E-state index in [0.717, 1.165) is 0 Å². The summed E-state index contributed by atoms with van der Waals surface area (Å²) in [5.41, 5.74) is 0. The van der Waals surface area contributed by atoms with Crippen LogP contribution in [0.3, 0.4) is 0 Å². The van der Waals surface area contributed by atoms with Crippen LogP contribution in [0.5, 0.6) is 0 Å². The van der Waals surface area contributed by atoms with Crippen molar-refractivity contribution in [2.24, 2.45) is 18.1 Å². The summed E-state index contributed by atoms with van der Waals surface area (Å²) in [6.45, 7) is -3.14. The molecule has 0 aliphatic carbocycles. The summed E-state index contributed by atoms with van der Waals surface area (Å²) >= 11 is 31.0. The molecular formula is C6H18Cl5N7P4. The largest absolute Gasteiger partial charge is 0.285 e. The van der Waals surface area contributed by atoms with E-state index in [1.807, 2.05) is 56.3 Å². The molecule has 0 saturated heterocycles. The Labute approximate surface area is 156 Å². The minimum atomic E-state index is -3.14. The fourth-order valence-electron chi connectivity index (χ4n) is 1.96. The highest BCUT2D eigenvalue weighted by molar-refractivity contribution is 8.22. The second-order valence-electron chi connectivity index (χ2n) is 4.84. The molecule has 1 heterocycles. The Morgan fingerprint density at radius 3 is 1.36 bits per heavy atom. The average molecular weight is 489 g/mol. The number of hydrogen-bond acceptors (Lipinski definition) is 4. The highest BCUT2D eigenvalue weighted by Gasteiger charge is 2.37. The smallest absolute Gasteiger partial charge is 0.252 e. The van der Waals surface area contributed by atoms with Crippen LogP contribution in [0.15, 0.2) is 18.1 Å². The monoisotopic (exact) mass is 487 g/mol. The van der Waals surface area contributed by atoms with E-state index >= 15 is 0 Å². The van der Waals surface area contributed by atoms with Gasteiger partial charge in [-0.25, -0.2) is 0 Å². The molecule has 0 aromatic rings. The minimum absolute atomic E-state index is 1.90. The van der Waals surface area contributed by atoms with Crippen LogP contribution in [-0.4, -0.2) is 56.3 Å². The molecule has 0 fully saturated rings. The van der Waals surface area contributed by atoms with Crippen LogP contribution in [0.4, 0.5) is 0 Å². The number of nitrogens with zero attached hydrogens (tertiary/aromatic N) is 7. The topological polar surface area (TPSA) is 59.2 Å². The van der Waals surface area contributed by atoms with Crippen LogP contribution < -0.4 is 0 Å². The van der Waals surface area contributed by atoms with E-state index in [-0.39, 0.29) is 0 Å². The average Bonchev–Trinajstić information content (AvgIpc) is 2.18. The van der Waals surface area contributed by atoms with Gasteiger partial charge in [-0.3, -0.25) is 14.0 Å². The summed E-state index contributed by atoms with van der Waals surface area (Å²) in [6, 6.07) is 0. The maximum absolute atomic E-state index is 6.58. The lowest BCUT2D eigenvalue weighted by atomic mass is 11.2. The molecule has 1 unspecified atom stereocenters. The van der Waals surface area contributed by atoms with Gasteiger partial charge >= 0.3 is 0 Å². The van der Waals surface area contributed by atoms with Gasteiger partial charge in [-0.05, 0) is 98.5 Å². The predicted molar refractivity (Wildman–Crippen MR) is 108 cm³/mol. The molecule has 0 bridgehead atoms. The lowest BCUT2D eigenvalue weighted by Gasteiger charge is -2.41. The first-order valence-electron chi connectivity index (χ1n) is 5.73. The van der Waals surface area contributed by atoms with Crippen molar-refractivity contribution in [2.75, 3.05) is 42.3 Å². The third-order valence-electron chi connectivity index (χ3n) is 2.50. The van der Waals surface area contributed by atoms with Gasteiger partial charge in [-0.15, -0.1) is 0 Å². The van der Waals surface area contributed by atoms with Crippen LogP contribution in [0.25, 0.3) is 0 Å². The minimum Gasteiger partial charge on any atom is -0.252 e. The first-order valence-corrected chi connectivity index (χ1v) is 16.9. The SMILES string of the molecule is CN(C)P(=NP1(Cl)=NP(Cl)(Cl)=NP(Cl)(Cl)=N1)(N(C)C)N(C)C. The molecule has 0 aromatic heterocycles. The van der Waals surface area contributed by atoms with Gasteiger partial charge in [0, 0.05) is 0 Å². The third-order valence-corrected chi connectivity index (χ3v) is 19.6. The van der Waals surface area contributed by atoms with E-state index in [9.17, 15) is 0 Å². The van der Waals surface area contributed by atoms with Gasteiger partial charge in [0.2, 0.25) is 0 Å². The summed E-state index contributed by atoms with van der Waals surface area (Å²) in [7, 11) is 9.09. The van der Waals surface area contributed by atoms with Crippen LogP contribution >= 0.6 is 82.2 Å². The second-order valence-corrected chi connectivity index (χ2v) is 22.0. The van der Waals surface area contributed by atoms with Gasteiger partial charge in [-0.1, -0.05) is 0 Å². The molecule has 0 saturated carbocycles. The molecule has 0 spiro atoms. The normalized spacial score (nSPS) is 27.4. The van der Waals surface area contributed by atoms with Crippen molar-refractivity contribution in [3.8, 4) is 0 Å². The van der Waals surface area contributed by atoms with Gasteiger partial charge in [-0.2, -0.15) is 18.1 Å². The van der Waals surface area contributed by atoms with E-state index in [1.165, 1.54) is 0 Å². The van der Waals surface area contributed by atoms with E-state index in [0.29, 0.717) is 0 Å². The number of hydrogen-bond donors (Lipinski definition) is 0. The van der Waals surface area contributed by atoms with Gasteiger partial charge in [0.15, 0.2) is 7.51 Å². The standard InChI is InChI=1S/C6H18Cl5N7P4/c1-16(2)22(17(3)4,18(5)6)15-21(11)13-19(7,8)12-20(9,10)14-21/h1-6H3. The molecule has 0 radical (unpaired) electrons. The molecule has 22 heavy (non-hydrogen) atoms. The van der Waals surface area contributed by atoms with E-state index < -0.39 is 26.0 Å². The van der Waals surface area contributed by atoms with Gasteiger partial charge in [0.1, 0.15) is 0 Å². The lowest BCUT2D eigenvalue weighted by molar-refractivity contribution is 0.475. The van der Waals surface area contributed by atoms with E-state index in [2.05, 4.69) is 13.5 Å². The Bertz CT molecular complexity index is 622. The zero-order valence-corrected chi connectivity index (χ0v) is 20.2. The van der Waals surface area contributed by atoms with Crippen LogP contribution in [-0.2, 0) is 0 Å². The molecule has 132 valence electrons. The number of halogens is 5. The van der Waals surface area contributed by atoms with Crippen molar-refractivity contribution in [1.82, 2.24) is 14.0 Å². The Balaban J connectivity index is 3.82. The molecule has 1 rings (SSSR count). The summed E-state index contributed by atoms with van der Waals surface area (Å²) in [4.78, 5) is 0. The lowest BCUT2D eigenvalue weighted by Crippen LogP contribution is -2.30. The van der Waals surface area contributed by atoms with Crippen molar-refractivity contribution in [3.05, 3.63) is 0 Å².